The van der Waals surface area contributed by atoms with Gasteiger partial charge in [0, 0.05) is 22.1 Å². The molecule has 0 unspecified atom stereocenters. The number of aryl methyl sites for hydroxylation is 2. The van der Waals surface area contributed by atoms with Gasteiger partial charge in [0.15, 0.2) is 0 Å². The standard InChI is InChI=1S/C23H18ClN3O3S/c1-13-10-18(25-30)6-9-20(13)26-14(2)11-16(15(26)3)12-21-22(28)27(23(29)31-21)19-7-4-17(24)5-8-19/h4-12H,1-3H3. The van der Waals surface area contributed by atoms with Crippen LogP contribution in [0.2, 0.25) is 5.02 Å². The maximum absolute atomic E-state index is 12.9. The lowest BCUT2D eigenvalue weighted by Crippen LogP contribution is -2.27. The Bertz CT molecular complexity index is 1260. The van der Waals surface area contributed by atoms with E-state index >= 15 is 0 Å². The molecule has 2 heterocycles. The van der Waals surface area contributed by atoms with Crippen molar-refractivity contribution in [3.05, 3.63) is 85.9 Å². The number of anilines is 1. The van der Waals surface area contributed by atoms with E-state index in [0.29, 0.717) is 21.3 Å². The van der Waals surface area contributed by atoms with Gasteiger partial charge in [-0.25, -0.2) is 4.90 Å². The number of aromatic nitrogens is 1. The van der Waals surface area contributed by atoms with Gasteiger partial charge in [-0.1, -0.05) is 11.6 Å². The molecule has 1 aromatic heterocycles. The van der Waals surface area contributed by atoms with E-state index in [2.05, 4.69) is 9.74 Å². The number of nitroso groups, excluding NO2 is 1. The highest BCUT2D eigenvalue weighted by atomic mass is 35.5. The smallest absolute Gasteiger partial charge is 0.298 e. The van der Waals surface area contributed by atoms with Crippen molar-refractivity contribution < 1.29 is 9.59 Å². The number of halogens is 1. The summed E-state index contributed by atoms with van der Waals surface area (Å²) in [7, 11) is 0. The zero-order valence-electron chi connectivity index (χ0n) is 17.0. The SMILES string of the molecule is Cc1cc(N=O)ccc1-n1c(C)cc(C=C2SC(=O)N(c3ccc(Cl)cc3)C2=O)c1C. The summed E-state index contributed by atoms with van der Waals surface area (Å²) in [6.07, 6.45) is 1.75. The Morgan fingerprint density at radius 2 is 1.71 bits per heavy atom. The first-order valence-corrected chi connectivity index (χ1v) is 10.7. The van der Waals surface area contributed by atoms with Gasteiger partial charge in [-0.2, -0.15) is 0 Å². The van der Waals surface area contributed by atoms with Gasteiger partial charge in [0.05, 0.1) is 10.6 Å². The van der Waals surface area contributed by atoms with Crippen molar-refractivity contribution in [3.63, 3.8) is 0 Å². The molecule has 31 heavy (non-hydrogen) atoms. The number of nitrogens with zero attached hydrogens (tertiary/aromatic N) is 3. The van der Waals surface area contributed by atoms with Crippen molar-refractivity contribution in [1.29, 1.82) is 0 Å². The Balaban J connectivity index is 1.71. The summed E-state index contributed by atoms with van der Waals surface area (Å²) < 4.78 is 2.05. The number of hydrogen-bond acceptors (Lipinski definition) is 5. The van der Waals surface area contributed by atoms with E-state index in [9.17, 15) is 14.5 Å². The van der Waals surface area contributed by atoms with Crippen LogP contribution in [0.3, 0.4) is 0 Å². The molecule has 4 rings (SSSR count). The normalized spacial score (nSPS) is 15.2. The Kier molecular flexibility index (Phi) is 5.56. The molecule has 1 aliphatic rings. The summed E-state index contributed by atoms with van der Waals surface area (Å²) in [5, 5.41) is 3.17. The second-order valence-corrected chi connectivity index (χ2v) is 8.65. The van der Waals surface area contributed by atoms with Crippen LogP contribution in [0.1, 0.15) is 22.5 Å². The van der Waals surface area contributed by atoms with Crippen LogP contribution < -0.4 is 4.90 Å². The van der Waals surface area contributed by atoms with Crippen molar-refractivity contribution >= 4 is 52.0 Å². The Morgan fingerprint density at radius 3 is 2.35 bits per heavy atom. The second kappa shape index (κ2) is 8.17. The van der Waals surface area contributed by atoms with E-state index < -0.39 is 0 Å². The highest BCUT2D eigenvalue weighted by Gasteiger charge is 2.36. The van der Waals surface area contributed by atoms with Gasteiger partial charge in [-0.05, 0) is 103 Å². The molecular formula is C23H18ClN3O3S. The maximum Gasteiger partial charge on any atom is 0.298 e. The fraction of sp³-hybridized carbons (Fsp3) is 0.130. The average Bonchev–Trinajstić information content (AvgIpc) is 3.17. The third-order valence-electron chi connectivity index (χ3n) is 5.16. The van der Waals surface area contributed by atoms with Crippen molar-refractivity contribution in [3.8, 4) is 5.69 Å². The number of rotatable bonds is 4. The van der Waals surface area contributed by atoms with Crippen molar-refractivity contribution in [2.45, 2.75) is 20.8 Å². The zero-order chi connectivity index (χ0) is 22.3. The first-order chi connectivity index (χ1) is 14.8. The highest BCUT2D eigenvalue weighted by Crippen LogP contribution is 2.37. The van der Waals surface area contributed by atoms with Crippen LogP contribution in [-0.2, 0) is 4.79 Å². The number of carbonyl (C=O) groups is 2. The summed E-state index contributed by atoms with van der Waals surface area (Å²) >= 11 is 6.82. The average molecular weight is 452 g/mol. The molecule has 0 aliphatic carbocycles. The molecule has 0 spiro atoms. The van der Waals surface area contributed by atoms with Crippen molar-refractivity contribution in [2.24, 2.45) is 5.18 Å². The van der Waals surface area contributed by atoms with Crippen LogP contribution in [0, 0.1) is 25.7 Å². The largest absolute Gasteiger partial charge is 0.318 e. The van der Waals surface area contributed by atoms with Crippen molar-refractivity contribution in [1.82, 2.24) is 4.57 Å². The van der Waals surface area contributed by atoms with Crippen LogP contribution in [0.4, 0.5) is 16.2 Å². The summed E-state index contributed by atoms with van der Waals surface area (Å²) in [6, 6.07) is 13.8. The minimum absolute atomic E-state index is 0.347. The maximum atomic E-state index is 12.9. The molecule has 1 fully saturated rings. The number of amides is 2. The predicted octanol–water partition coefficient (Wildman–Crippen LogP) is 6.69. The minimum atomic E-state index is -0.361. The molecular weight excluding hydrogens is 434 g/mol. The summed E-state index contributed by atoms with van der Waals surface area (Å²) in [5.41, 5.74) is 5.43. The van der Waals surface area contributed by atoms with E-state index in [-0.39, 0.29) is 11.1 Å². The number of carbonyl (C=O) groups excluding carboxylic acids is 2. The molecule has 8 heteroatoms. The summed E-state index contributed by atoms with van der Waals surface area (Å²) in [5.74, 6) is -0.361. The number of imide groups is 1. The van der Waals surface area contributed by atoms with Gasteiger partial charge < -0.3 is 4.57 Å². The lowest BCUT2D eigenvalue weighted by Gasteiger charge is -2.13. The molecule has 2 aromatic carbocycles. The molecule has 0 saturated carbocycles. The van der Waals surface area contributed by atoms with Gasteiger partial charge >= 0.3 is 0 Å². The van der Waals surface area contributed by atoms with E-state index in [1.54, 1.807) is 42.5 Å². The molecule has 1 aliphatic heterocycles. The van der Waals surface area contributed by atoms with Crippen molar-refractivity contribution in [2.75, 3.05) is 4.90 Å². The Morgan fingerprint density at radius 1 is 1.00 bits per heavy atom. The summed E-state index contributed by atoms with van der Waals surface area (Å²) in [6.45, 7) is 5.84. The van der Waals surface area contributed by atoms with Crippen LogP contribution in [-0.4, -0.2) is 15.7 Å². The van der Waals surface area contributed by atoms with E-state index in [1.165, 1.54) is 0 Å². The van der Waals surface area contributed by atoms with Crippen LogP contribution >= 0.6 is 23.4 Å². The summed E-state index contributed by atoms with van der Waals surface area (Å²) in [4.78, 5) is 37.8. The number of hydrogen-bond donors (Lipinski definition) is 0. The molecule has 2 amide bonds. The third kappa shape index (κ3) is 3.82. The minimum Gasteiger partial charge on any atom is -0.318 e. The van der Waals surface area contributed by atoms with Crippen LogP contribution in [0.15, 0.2) is 58.6 Å². The quantitative estimate of drug-likeness (QED) is 0.327. The molecule has 156 valence electrons. The molecule has 0 atom stereocenters. The monoisotopic (exact) mass is 451 g/mol. The van der Waals surface area contributed by atoms with E-state index in [0.717, 1.165) is 44.9 Å². The number of benzene rings is 2. The zero-order valence-corrected chi connectivity index (χ0v) is 18.6. The first kappa shape index (κ1) is 21.1. The highest BCUT2D eigenvalue weighted by molar-refractivity contribution is 8.19. The molecule has 0 bridgehead atoms. The fourth-order valence-electron chi connectivity index (χ4n) is 3.67. The lowest BCUT2D eigenvalue weighted by atomic mass is 10.1. The predicted molar refractivity (Wildman–Crippen MR) is 125 cm³/mol. The van der Waals surface area contributed by atoms with E-state index in [4.69, 9.17) is 11.6 Å². The first-order valence-electron chi connectivity index (χ1n) is 9.47. The lowest BCUT2D eigenvalue weighted by molar-refractivity contribution is -0.113. The van der Waals surface area contributed by atoms with Gasteiger partial charge in [0.2, 0.25) is 0 Å². The van der Waals surface area contributed by atoms with Gasteiger partial charge in [-0.15, -0.1) is 4.91 Å². The Hall–Kier alpha value is -3.16. The molecule has 0 radical (unpaired) electrons. The fourth-order valence-corrected chi connectivity index (χ4v) is 4.63. The van der Waals surface area contributed by atoms with Gasteiger partial charge in [-0.3, -0.25) is 9.59 Å². The van der Waals surface area contributed by atoms with Gasteiger partial charge in [0.1, 0.15) is 5.69 Å². The topological polar surface area (TPSA) is 71.7 Å². The van der Waals surface area contributed by atoms with E-state index in [1.807, 2.05) is 32.9 Å². The van der Waals surface area contributed by atoms with Crippen LogP contribution in [0.5, 0.6) is 0 Å². The third-order valence-corrected chi connectivity index (χ3v) is 6.28. The number of thioether (sulfide) groups is 1. The molecule has 1 saturated heterocycles. The molecule has 3 aromatic rings. The Labute approximate surface area is 188 Å². The second-order valence-electron chi connectivity index (χ2n) is 7.22. The molecule has 6 nitrogen and oxygen atoms in total. The molecule has 0 N–H and O–H groups in total. The van der Waals surface area contributed by atoms with Gasteiger partial charge in [0.25, 0.3) is 11.1 Å². The van der Waals surface area contributed by atoms with Crippen LogP contribution in [0.25, 0.3) is 11.8 Å².